The van der Waals surface area contributed by atoms with Crippen molar-refractivity contribution in [1.29, 1.82) is 0 Å². The number of carbonyl (C=O) groups excluding carboxylic acids is 1. The van der Waals surface area contributed by atoms with Crippen LogP contribution >= 0.6 is 23.2 Å². The zero-order valence-electron chi connectivity index (χ0n) is 27.7. The van der Waals surface area contributed by atoms with Gasteiger partial charge in [-0.25, -0.2) is 9.97 Å². The molecule has 3 N–H and O–H groups in total. The van der Waals surface area contributed by atoms with Crippen LogP contribution in [0.1, 0.15) is 24.0 Å². The van der Waals surface area contributed by atoms with Crippen molar-refractivity contribution in [2.75, 3.05) is 40.8 Å². The quantitative estimate of drug-likeness (QED) is 0.149. The van der Waals surface area contributed by atoms with Gasteiger partial charge in [0, 0.05) is 85.4 Å². The molecule has 1 aliphatic heterocycles. The third-order valence-corrected chi connectivity index (χ3v) is 9.58. The van der Waals surface area contributed by atoms with E-state index in [1.807, 2.05) is 74.8 Å². The topological polar surface area (TPSA) is 113 Å². The fraction of sp³-hybridized carbons (Fsp3) is 0.297. The van der Waals surface area contributed by atoms with E-state index < -0.39 is 0 Å². The van der Waals surface area contributed by atoms with E-state index in [1.54, 1.807) is 23.9 Å². The van der Waals surface area contributed by atoms with Gasteiger partial charge in [0.15, 0.2) is 0 Å². The zero-order valence-corrected chi connectivity index (χ0v) is 29.2. The van der Waals surface area contributed by atoms with E-state index in [9.17, 15) is 9.59 Å². The van der Waals surface area contributed by atoms with Crippen LogP contribution in [-0.2, 0) is 17.9 Å². The van der Waals surface area contributed by atoms with E-state index in [0.29, 0.717) is 58.9 Å². The predicted molar refractivity (Wildman–Crippen MR) is 195 cm³/mol. The van der Waals surface area contributed by atoms with Gasteiger partial charge in [0.25, 0.3) is 5.56 Å². The zero-order chi connectivity index (χ0) is 34.5. The highest BCUT2D eigenvalue weighted by molar-refractivity contribution is 6.39. The van der Waals surface area contributed by atoms with Crippen LogP contribution in [0.3, 0.4) is 0 Å². The molecule has 5 aromatic rings. The highest BCUT2D eigenvalue weighted by atomic mass is 35.5. The molecule has 2 aromatic carbocycles. The molecule has 254 valence electrons. The van der Waals surface area contributed by atoms with Crippen molar-refractivity contribution < 1.29 is 9.53 Å². The molecule has 1 saturated heterocycles. The van der Waals surface area contributed by atoms with Crippen LogP contribution in [0, 0.1) is 0 Å². The third kappa shape index (κ3) is 7.64. The number of fused-ring (bicyclic) bond motifs is 1. The summed E-state index contributed by atoms with van der Waals surface area (Å²) in [5, 5.41) is 10.5. The van der Waals surface area contributed by atoms with Gasteiger partial charge >= 0.3 is 0 Å². The lowest BCUT2D eigenvalue weighted by molar-refractivity contribution is -0.119. The Morgan fingerprint density at radius 1 is 1.00 bits per heavy atom. The first kappa shape index (κ1) is 34.5. The molecule has 4 heterocycles. The molecule has 0 saturated carbocycles. The summed E-state index contributed by atoms with van der Waals surface area (Å²) in [7, 11) is 5.48. The number of ether oxygens (including phenoxy) is 1. The number of hydrogen-bond acceptors (Lipinski definition) is 8. The molecule has 49 heavy (non-hydrogen) atoms. The number of halogens is 2. The first-order chi connectivity index (χ1) is 23.8. The number of nitrogens with one attached hydrogen (secondary N) is 3. The van der Waals surface area contributed by atoms with Crippen LogP contribution in [0.15, 0.2) is 77.9 Å². The van der Waals surface area contributed by atoms with E-state index in [0.717, 1.165) is 52.9 Å². The van der Waals surface area contributed by atoms with E-state index in [1.165, 1.54) is 0 Å². The highest BCUT2D eigenvalue weighted by Gasteiger charge is 2.21. The molecule has 1 amide bonds. The highest BCUT2D eigenvalue weighted by Crippen LogP contribution is 2.42. The molecule has 3 aromatic heterocycles. The maximum absolute atomic E-state index is 13.3. The number of methoxy groups -OCH3 is 1. The number of benzene rings is 2. The Bertz CT molecular complexity index is 2050. The average Bonchev–Trinajstić information content (AvgIpc) is 3.53. The third-order valence-electron chi connectivity index (χ3n) is 8.76. The van der Waals surface area contributed by atoms with Crippen molar-refractivity contribution in [3.8, 4) is 39.4 Å². The van der Waals surface area contributed by atoms with Crippen LogP contribution in [0.4, 0.5) is 0 Å². The first-order valence-electron chi connectivity index (χ1n) is 16.2. The fourth-order valence-corrected chi connectivity index (χ4v) is 6.77. The summed E-state index contributed by atoms with van der Waals surface area (Å²) < 4.78 is 7.21. The number of hydrogen-bond donors (Lipinski definition) is 3. The lowest BCUT2D eigenvalue weighted by Gasteiger charge is -2.16. The van der Waals surface area contributed by atoms with E-state index in [-0.39, 0.29) is 17.5 Å². The summed E-state index contributed by atoms with van der Waals surface area (Å²) >= 11 is 14.2. The number of rotatable bonds is 13. The lowest BCUT2D eigenvalue weighted by atomic mass is 9.97. The van der Waals surface area contributed by atoms with Crippen molar-refractivity contribution in [3.05, 3.63) is 105 Å². The van der Waals surface area contributed by atoms with Gasteiger partial charge in [0.05, 0.1) is 28.4 Å². The van der Waals surface area contributed by atoms with Gasteiger partial charge < -0.3 is 25.6 Å². The average molecular weight is 701 g/mol. The molecule has 6 rings (SSSR count). The van der Waals surface area contributed by atoms with Gasteiger partial charge in [0.1, 0.15) is 5.65 Å². The Morgan fingerprint density at radius 3 is 2.45 bits per heavy atom. The molecule has 1 aliphatic rings. The predicted octanol–water partition coefficient (Wildman–Crippen LogP) is 5.43. The Labute approximate surface area is 295 Å². The molecular formula is C37H39Cl2N7O3. The van der Waals surface area contributed by atoms with Crippen LogP contribution in [-0.4, -0.2) is 72.1 Å². The van der Waals surface area contributed by atoms with Gasteiger partial charge in [-0.05, 0) is 44.3 Å². The van der Waals surface area contributed by atoms with E-state index in [4.69, 9.17) is 32.9 Å². The molecule has 1 fully saturated rings. The summed E-state index contributed by atoms with van der Waals surface area (Å²) in [5.74, 6) is 0.596. The van der Waals surface area contributed by atoms with Crippen molar-refractivity contribution in [2.24, 2.45) is 0 Å². The van der Waals surface area contributed by atoms with Gasteiger partial charge in [-0.2, -0.15) is 0 Å². The Kier molecular flexibility index (Phi) is 10.9. The molecule has 10 nitrogen and oxygen atoms in total. The molecule has 0 radical (unpaired) electrons. The number of nitrogens with zero attached hydrogens (tertiary/aromatic N) is 4. The maximum atomic E-state index is 13.3. The molecule has 0 aliphatic carbocycles. The summed E-state index contributed by atoms with van der Waals surface area (Å²) in [4.78, 5) is 36.2. The summed E-state index contributed by atoms with van der Waals surface area (Å²) in [6.45, 7) is 3.39. The van der Waals surface area contributed by atoms with Gasteiger partial charge in [-0.15, -0.1) is 0 Å². The fourth-order valence-electron chi connectivity index (χ4n) is 6.10. The molecule has 12 heteroatoms. The van der Waals surface area contributed by atoms with Gasteiger partial charge in [-0.3, -0.25) is 14.0 Å². The van der Waals surface area contributed by atoms with E-state index >= 15 is 0 Å². The molecule has 1 unspecified atom stereocenters. The van der Waals surface area contributed by atoms with Gasteiger partial charge in [-0.1, -0.05) is 65.7 Å². The molecular weight excluding hydrogens is 661 g/mol. The minimum absolute atomic E-state index is 0.0927. The summed E-state index contributed by atoms with van der Waals surface area (Å²) in [6.07, 6.45) is 4.81. The number of amides is 1. The van der Waals surface area contributed by atoms with Crippen LogP contribution < -0.4 is 26.2 Å². The minimum Gasteiger partial charge on any atom is -0.481 e. The normalized spacial score (nSPS) is 14.5. The molecule has 1 atom stereocenters. The second-order valence-electron chi connectivity index (χ2n) is 12.2. The van der Waals surface area contributed by atoms with Crippen molar-refractivity contribution in [3.63, 3.8) is 0 Å². The van der Waals surface area contributed by atoms with Crippen LogP contribution in [0.25, 0.3) is 39.2 Å². The largest absolute Gasteiger partial charge is 0.481 e. The second kappa shape index (κ2) is 15.5. The van der Waals surface area contributed by atoms with Crippen LogP contribution in [0.5, 0.6) is 5.88 Å². The van der Waals surface area contributed by atoms with Crippen molar-refractivity contribution >= 4 is 34.8 Å². The Morgan fingerprint density at radius 2 is 1.73 bits per heavy atom. The van der Waals surface area contributed by atoms with E-state index in [2.05, 4.69) is 25.8 Å². The summed E-state index contributed by atoms with van der Waals surface area (Å²) in [5.41, 5.74) is 6.54. The SMILES string of the molecule is CNCCN(C)Cc1cnc2cc(-c3cccc(-c4cccc(-c5ccc(CNCC6CCC(=O)N6)c(OC)n5)c4Cl)c3Cl)ccn2c1=O. The lowest BCUT2D eigenvalue weighted by Crippen LogP contribution is -2.35. The smallest absolute Gasteiger partial charge is 0.262 e. The number of likely N-dealkylation sites (N-methyl/N-ethyl adjacent to an activating group) is 2. The van der Waals surface area contributed by atoms with Gasteiger partial charge in [0.2, 0.25) is 11.8 Å². The molecule has 0 spiro atoms. The minimum atomic E-state index is -0.0927. The number of pyridine rings is 2. The standard InChI is InChI=1S/C37H39Cl2N7O3/c1-40-15-17-45(2)22-25-20-42-32-18-23(14-16-46(32)37(25)48)27-6-4-7-28(34(27)38)29-8-5-9-30(35(29)39)31-12-10-24(36(44-31)49-3)19-41-21-26-11-13-33(47)43-26/h4-10,12,14,16,18,20,26,40-41H,11,13,15,17,19,21-22H2,1-3H3,(H,43,47). The second-order valence-corrected chi connectivity index (χ2v) is 13.0. The number of aromatic nitrogens is 3. The number of carbonyl (C=O) groups is 1. The van der Waals surface area contributed by atoms with Crippen LogP contribution in [0.2, 0.25) is 10.0 Å². The summed E-state index contributed by atoms with van der Waals surface area (Å²) in [6, 6.07) is 19.4. The van der Waals surface area contributed by atoms with Crippen molar-refractivity contribution in [1.82, 2.24) is 35.2 Å². The maximum Gasteiger partial charge on any atom is 0.262 e. The Hall–Kier alpha value is -4.32. The monoisotopic (exact) mass is 699 g/mol. The Balaban J connectivity index is 1.25. The first-order valence-corrected chi connectivity index (χ1v) is 17.0. The van der Waals surface area contributed by atoms with Crippen molar-refractivity contribution in [2.45, 2.75) is 32.0 Å². The molecule has 0 bridgehead atoms.